The van der Waals surface area contributed by atoms with Crippen LogP contribution in [0.25, 0.3) is 55.2 Å². The van der Waals surface area contributed by atoms with Gasteiger partial charge in [-0.25, -0.2) is 4.79 Å². The molecule has 1 amide bonds. The van der Waals surface area contributed by atoms with Gasteiger partial charge >= 0.3 is 5.97 Å². The minimum absolute atomic E-state index is 0.0122. The summed E-state index contributed by atoms with van der Waals surface area (Å²) in [6, 6.07) is 44.5. The fourth-order valence-corrected chi connectivity index (χ4v) is 10.5. The summed E-state index contributed by atoms with van der Waals surface area (Å²) in [5.41, 5.74) is 7.69. The van der Waals surface area contributed by atoms with Gasteiger partial charge < -0.3 is 58.9 Å². The van der Waals surface area contributed by atoms with Crippen molar-refractivity contribution in [2.24, 2.45) is 5.16 Å². The second kappa shape index (κ2) is 30.9. The zero-order valence-electron chi connectivity index (χ0n) is 47.2. The number of aldehydes is 1. The molecule has 0 unspecified atom stereocenters. The lowest BCUT2D eigenvalue weighted by Crippen LogP contribution is -2.48. The van der Waals surface area contributed by atoms with Crippen LogP contribution in [0, 0.1) is 0 Å². The molecule has 6 N–H and O–H groups in total. The topological polar surface area (TPSA) is 311 Å². The second-order valence-corrected chi connectivity index (χ2v) is 22.7. The number of amides is 1. The van der Waals surface area contributed by atoms with Crippen molar-refractivity contribution in [3.05, 3.63) is 218 Å². The molecule has 13 rings (SSSR count). The number of aromatic nitrogens is 3. The van der Waals surface area contributed by atoms with Gasteiger partial charge in [-0.05, 0) is 145 Å². The number of fused-ring (bicyclic) bond motifs is 4. The minimum Gasteiger partial charge on any atom is -0.507 e. The molecule has 0 bridgehead atoms. The summed E-state index contributed by atoms with van der Waals surface area (Å²) >= 11 is 9.73. The van der Waals surface area contributed by atoms with Gasteiger partial charge in [0.1, 0.15) is 30.8 Å². The number of phenols is 2. The van der Waals surface area contributed by atoms with Crippen molar-refractivity contribution in [2.45, 2.75) is 25.0 Å². The second-order valence-electron chi connectivity index (χ2n) is 20.0. The lowest BCUT2D eigenvalue weighted by molar-refractivity contribution is -0.131. The Kier molecular flexibility index (Phi) is 22.2. The maximum atomic E-state index is 13.1. The number of carboxylic acids is 1. The Morgan fingerprint density at radius 2 is 1.03 bits per heavy atom. The number of nitrogens with zero attached hydrogens (tertiary/aromatic N) is 5. The van der Waals surface area contributed by atoms with E-state index in [4.69, 9.17) is 43.6 Å². The van der Waals surface area contributed by atoms with Crippen molar-refractivity contribution in [1.82, 2.24) is 25.7 Å². The van der Waals surface area contributed by atoms with E-state index < -0.39 is 35.6 Å². The molecule has 0 radical (unpaired) electrons. The van der Waals surface area contributed by atoms with E-state index in [0.29, 0.717) is 65.4 Å². The van der Waals surface area contributed by atoms with E-state index in [0.717, 1.165) is 83.3 Å². The lowest BCUT2D eigenvalue weighted by atomic mass is 9.99. The van der Waals surface area contributed by atoms with Crippen molar-refractivity contribution < 1.29 is 72.6 Å². The van der Waals surface area contributed by atoms with E-state index >= 15 is 0 Å². The van der Waals surface area contributed by atoms with Crippen LogP contribution in [0.5, 0.6) is 23.0 Å². The first kappa shape index (κ1) is 64.6. The molecule has 24 heteroatoms. The monoisotopic (exact) mass is 1410 g/mol. The normalized spacial score (nSPS) is 13.1. The van der Waals surface area contributed by atoms with Gasteiger partial charge in [0.25, 0.3) is 11.7 Å². The molecule has 21 nitrogen and oxygen atoms in total. The van der Waals surface area contributed by atoms with Gasteiger partial charge in [0.2, 0.25) is 5.78 Å². The average molecular weight is 1410 g/mol. The molecule has 0 aliphatic carbocycles. The molecule has 90 heavy (non-hydrogen) atoms. The number of aliphatic hydroxyl groups excluding tert-OH is 1. The quantitative estimate of drug-likeness (QED) is 0.0156. The summed E-state index contributed by atoms with van der Waals surface area (Å²) in [6.45, 7) is 3.11. The number of halogens is 3. The van der Waals surface area contributed by atoms with Crippen molar-refractivity contribution in [2.75, 3.05) is 32.8 Å². The Balaban J connectivity index is 0.000000155. The van der Waals surface area contributed by atoms with E-state index in [1.54, 1.807) is 97.5 Å². The molecule has 1 fully saturated rings. The highest BCUT2D eigenvalue weighted by molar-refractivity contribution is 9.11. The van der Waals surface area contributed by atoms with Gasteiger partial charge in [-0.15, -0.1) is 0 Å². The number of ketones is 2. The third-order valence-electron chi connectivity index (χ3n) is 13.9. The van der Waals surface area contributed by atoms with Crippen LogP contribution in [0.15, 0.2) is 208 Å². The SMILES string of the molecule is Brc1ccc2oncc2c1.O/N=C/c1cc(Br)ccc1O.O=C(N[C@H](CN1CCCC1)[C@H](O)c1ccc2c(c1)OCCO2)C(=O)c1ccc(-c2ccc3oncc3c2)cc1.O=C(O)C(=O)c1ccc(-c2ccc3oncc3c2)cc1.O=Cc1cc(Br)ccc1O. The molecule has 458 valence electrons. The van der Waals surface area contributed by atoms with Crippen LogP contribution in [0.2, 0.25) is 0 Å². The average Bonchev–Trinajstić information content (AvgIpc) is 2.96. The van der Waals surface area contributed by atoms with E-state index in [2.05, 4.69) is 78.6 Å². The number of nitrogens with one attached hydrogen (secondary N) is 1. The number of hydrogen-bond donors (Lipinski definition) is 6. The van der Waals surface area contributed by atoms with Crippen molar-refractivity contribution in [3.63, 3.8) is 0 Å². The number of benzene rings is 8. The number of phenolic OH excluding ortho intramolecular Hbond substituents is 2. The summed E-state index contributed by atoms with van der Waals surface area (Å²) in [6.07, 6.45) is 7.85. The maximum Gasteiger partial charge on any atom is 0.377 e. The molecule has 5 heterocycles. The summed E-state index contributed by atoms with van der Waals surface area (Å²) in [5.74, 6) is -2.49. The first-order chi connectivity index (χ1) is 43.5. The summed E-state index contributed by atoms with van der Waals surface area (Å²) < 4.78 is 29.0. The van der Waals surface area contributed by atoms with Crippen LogP contribution in [-0.2, 0) is 9.59 Å². The van der Waals surface area contributed by atoms with Gasteiger partial charge in [-0.1, -0.05) is 135 Å². The number of aliphatic hydroxyl groups is 1. The first-order valence-corrected chi connectivity index (χ1v) is 29.8. The predicted octanol–water partition coefficient (Wildman–Crippen LogP) is 13.0. The molecular weight excluding hydrogens is 1360 g/mol. The molecule has 8 aromatic carbocycles. The highest BCUT2D eigenvalue weighted by Gasteiger charge is 2.30. The maximum absolute atomic E-state index is 13.1. The van der Waals surface area contributed by atoms with Crippen LogP contribution in [0.1, 0.15) is 61.1 Å². The van der Waals surface area contributed by atoms with Crippen LogP contribution in [0.3, 0.4) is 0 Å². The number of oxime groups is 1. The smallest absolute Gasteiger partial charge is 0.377 e. The third-order valence-corrected chi connectivity index (χ3v) is 15.4. The number of rotatable bonds is 13. The van der Waals surface area contributed by atoms with Crippen molar-refractivity contribution >= 4 is 117 Å². The van der Waals surface area contributed by atoms with Crippen LogP contribution < -0.4 is 14.8 Å². The predicted molar refractivity (Wildman–Crippen MR) is 343 cm³/mol. The number of aromatic hydroxyl groups is 2. The largest absolute Gasteiger partial charge is 0.507 e. The number of carbonyl (C=O) groups is 5. The number of carbonyl (C=O) groups excluding carboxylic acids is 4. The molecule has 0 spiro atoms. The number of carboxylic acid groups (broad SMARTS) is 1. The van der Waals surface area contributed by atoms with Crippen LogP contribution >= 0.6 is 47.8 Å². The third kappa shape index (κ3) is 17.1. The van der Waals surface area contributed by atoms with Gasteiger partial charge in [0, 0.05) is 52.8 Å². The zero-order valence-corrected chi connectivity index (χ0v) is 51.9. The van der Waals surface area contributed by atoms with E-state index in [1.165, 1.54) is 30.5 Å². The Labute approximate surface area is 537 Å². The van der Waals surface area contributed by atoms with Gasteiger partial charge in [0.15, 0.2) is 34.5 Å². The fourth-order valence-electron chi connectivity index (χ4n) is 9.32. The van der Waals surface area contributed by atoms with Crippen LogP contribution in [-0.4, -0.2) is 121 Å². The molecule has 2 aliphatic rings. The highest BCUT2D eigenvalue weighted by Crippen LogP contribution is 2.34. The Bertz CT molecular complexity index is 4360. The molecule has 1 saturated heterocycles. The Morgan fingerprint density at radius 1 is 0.567 bits per heavy atom. The number of Topliss-reactive ketones (excluding diaryl/α,β-unsaturated/α-hetero) is 2. The standard InChI is InChI=1S/C30H29N3O6.C15H9NO4.C7H6BrNO2.C7H4BrNO.C7H5BrO2/c34-28(22-8-10-26-27(16-22)38-14-13-37-26)24(18-33-11-1-2-12-33)32-30(36)29(35)20-5-3-19(4-6-20)21-7-9-25-23(15-21)17-31-39-25;17-14(15(18)19)10-3-1-9(2-4-10)11-5-6-13-12(7-11)8-16-20-13;8-6-1-2-7(10)5(3-6)4-9-11;8-6-1-2-7-5(3-6)4-9-10-7;8-6-1-2-7(10)5(3-6)4-9/h3-10,15-17,24,28,34H,1-2,11-14,18H2,(H,32,36);1-8H,(H,18,19);1-4,10-11H;1-4H;1-4,10H/b;;9-4+;;/t24-,28-;;;;/m1..../s1. The molecule has 3 aromatic heterocycles. The van der Waals surface area contributed by atoms with Gasteiger partial charge in [-0.3, -0.25) is 19.2 Å². The van der Waals surface area contributed by atoms with E-state index in [9.17, 15) is 29.1 Å². The fraction of sp³-hybridized carbons (Fsp3) is 0.136. The summed E-state index contributed by atoms with van der Waals surface area (Å²) in [5, 5.41) is 65.8. The Hall–Kier alpha value is -9.85. The first-order valence-electron chi connectivity index (χ1n) is 27.5. The van der Waals surface area contributed by atoms with Crippen molar-refractivity contribution in [3.8, 4) is 45.3 Å². The number of likely N-dealkylation sites (tertiary alicyclic amines) is 1. The van der Waals surface area contributed by atoms with E-state index in [1.807, 2.05) is 54.6 Å². The summed E-state index contributed by atoms with van der Waals surface area (Å²) in [7, 11) is 0. The minimum atomic E-state index is -1.45. The number of hydrogen-bond acceptors (Lipinski definition) is 19. The molecule has 2 aliphatic heterocycles. The van der Waals surface area contributed by atoms with Crippen LogP contribution in [0.4, 0.5) is 0 Å². The molecule has 0 saturated carbocycles. The number of aliphatic carboxylic acids is 1. The molecule has 11 aromatic rings. The Morgan fingerprint density at radius 3 is 1.56 bits per heavy atom. The van der Waals surface area contributed by atoms with E-state index in [-0.39, 0.29) is 22.6 Å². The highest BCUT2D eigenvalue weighted by atomic mass is 79.9. The zero-order chi connectivity index (χ0) is 63.7. The van der Waals surface area contributed by atoms with Gasteiger partial charge in [0.05, 0.1) is 36.4 Å². The van der Waals surface area contributed by atoms with Gasteiger partial charge in [-0.2, -0.15) is 0 Å². The van der Waals surface area contributed by atoms with Crippen molar-refractivity contribution in [1.29, 1.82) is 0 Å². The number of ether oxygens (including phenoxy) is 2. The summed E-state index contributed by atoms with van der Waals surface area (Å²) in [4.78, 5) is 60.5. The lowest BCUT2D eigenvalue weighted by Gasteiger charge is -2.29. The molecule has 2 atom stereocenters. The molecular formula is C66H53Br3N6O15.